The van der Waals surface area contributed by atoms with Gasteiger partial charge in [0.1, 0.15) is 5.82 Å². The molecule has 1 aliphatic carbocycles. The molecule has 0 aliphatic heterocycles. The number of rotatable bonds is 2. The first-order valence-corrected chi connectivity index (χ1v) is 5.18. The van der Waals surface area contributed by atoms with Gasteiger partial charge in [0.2, 0.25) is 0 Å². The molecule has 2 nitrogen and oxygen atoms in total. The average molecular weight is 258 g/mol. The van der Waals surface area contributed by atoms with Crippen LogP contribution in [0.4, 0.5) is 4.39 Å². The second-order valence-corrected chi connectivity index (χ2v) is 4.33. The fraction of sp³-hybridized carbons (Fsp3) is 0.300. The molecule has 2 rings (SSSR count). The van der Waals surface area contributed by atoms with Gasteiger partial charge in [-0.25, -0.2) is 4.39 Å². The zero-order valence-corrected chi connectivity index (χ0v) is 8.96. The summed E-state index contributed by atoms with van der Waals surface area (Å²) in [6, 6.07) is 3.26. The number of hydrogen-bond acceptors (Lipinski definition) is 2. The molecule has 0 spiro atoms. The molecule has 1 aliphatic rings. The molecule has 0 radical (unpaired) electrons. The minimum atomic E-state index is -0.348. The fourth-order valence-electron chi connectivity index (χ4n) is 1.53. The molecule has 1 saturated carbocycles. The lowest BCUT2D eigenvalue weighted by Gasteiger charge is -2.05. The van der Waals surface area contributed by atoms with E-state index in [2.05, 4.69) is 21.1 Å². The van der Waals surface area contributed by atoms with Crippen LogP contribution in [0.2, 0.25) is 0 Å². The molecule has 0 bridgehead atoms. The number of nitrogens with zero attached hydrogens (tertiary/aromatic N) is 1. The quantitative estimate of drug-likeness (QED) is 0.493. The van der Waals surface area contributed by atoms with E-state index in [1.807, 2.05) is 6.07 Å². The maximum absolute atomic E-state index is 13.5. The number of oxime groups is 1. The van der Waals surface area contributed by atoms with Crippen LogP contribution in [0.3, 0.4) is 0 Å². The fourth-order valence-corrected chi connectivity index (χ4v) is 1.98. The first-order valence-electron chi connectivity index (χ1n) is 4.38. The van der Waals surface area contributed by atoms with Crippen molar-refractivity contribution in [3.05, 3.63) is 33.5 Å². The van der Waals surface area contributed by atoms with Gasteiger partial charge in [-0.3, -0.25) is 0 Å². The molecular formula is C10H9BrFNO. The molecule has 1 fully saturated rings. The van der Waals surface area contributed by atoms with Crippen molar-refractivity contribution in [2.75, 3.05) is 0 Å². The van der Waals surface area contributed by atoms with Crippen LogP contribution in [-0.2, 0) is 0 Å². The van der Waals surface area contributed by atoms with Gasteiger partial charge in [-0.2, -0.15) is 0 Å². The third kappa shape index (κ3) is 1.80. The Morgan fingerprint density at radius 1 is 1.50 bits per heavy atom. The molecule has 1 N–H and O–H groups in total. The zero-order valence-electron chi connectivity index (χ0n) is 7.37. The molecule has 0 saturated heterocycles. The van der Waals surface area contributed by atoms with Gasteiger partial charge in [-0.15, -0.1) is 0 Å². The molecule has 0 amide bonds. The van der Waals surface area contributed by atoms with Crippen LogP contribution in [0.5, 0.6) is 0 Å². The van der Waals surface area contributed by atoms with Crippen molar-refractivity contribution in [2.45, 2.75) is 18.8 Å². The third-order valence-electron chi connectivity index (χ3n) is 2.33. The Balaban J connectivity index is 2.52. The highest BCUT2D eigenvalue weighted by Gasteiger charge is 2.27. The van der Waals surface area contributed by atoms with Gasteiger partial charge < -0.3 is 5.21 Å². The van der Waals surface area contributed by atoms with Crippen molar-refractivity contribution >= 4 is 22.1 Å². The summed E-state index contributed by atoms with van der Waals surface area (Å²) < 4.78 is 14.2. The minimum absolute atomic E-state index is 0.348. The summed E-state index contributed by atoms with van der Waals surface area (Å²) in [6.45, 7) is 0. The van der Waals surface area contributed by atoms with Gasteiger partial charge in [-0.05, 0) is 36.5 Å². The second kappa shape index (κ2) is 3.69. The smallest absolute Gasteiger partial charge is 0.133 e. The number of benzene rings is 1. The largest absolute Gasteiger partial charge is 0.411 e. The van der Waals surface area contributed by atoms with Crippen molar-refractivity contribution in [3.8, 4) is 0 Å². The molecule has 0 heterocycles. The van der Waals surface area contributed by atoms with Crippen LogP contribution in [-0.4, -0.2) is 11.4 Å². The normalized spacial score (nSPS) is 16.4. The minimum Gasteiger partial charge on any atom is -0.411 e. The van der Waals surface area contributed by atoms with Crippen molar-refractivity contribution in [2.24, 2.45) is 5.16 Å². The van der Waals surface area contributed by atoms with E-state index in [0.29, 0.717) is 11.5 Å². The highest BCUT2D eigenvalue weighted by atomic mass is 79.9. The van der Waals surface area contributed by atoms with Gasteiger partial charge in [0, 0.05) is 10.0 Å². The van der Waals surface area contributed by atoms with Crippen LogP contribution in [0.25, 0.3) is 0 Å². The molecule has 14 heavy (non-hydrogen) atoms. The lowest BCUT2D eigenvalue weighted by atomic mass is 10.0. The third-order valence-corrected chi connectivity index (χ3v) is 2.79. The van der Waals surface area contributed by atoms with Crippen molar-refractivity contribution in [1.29, 1.82) is 0 Å². The average Bonchev–Trinajstić information content (AvgIpc) is 2.92. The van der Waals surface area contributed by atoms with E-state index < -0.39 is 0 Å². The molecule has 0 unspecified atom stereocenters. The summed E-state index contributed by atoms with van der Waals surface area (Å²) in [6.07, 6.45) is 3.33. The summed E-state index contributed by atoms with van der Waals surface area (Å²) in [5.41, 5.74) is 1.33. The standard InChI is InChI=1S/C10H9BrFNO/c11-7-3-8(6-1-2-6)9(5-13-14)10(12)4-7/h3-6,14H,1-2H2/b13-5+. The maximum Gasteiger partial charge on any atom is 0.133 e. The number of hydrogen-bond donors (Lipinski definition) is 1. The van der Waals surface area contributed by atoms with E-state index in [4.69, 9.17) is 5.21 Å². The SMILES string of the molecule is O/N=C/c1c(F)cc(Br)cc1C1CC1. The van der Waals surface area contributed by atoms with E-state index in [1.165, 1.54) is 6.07 Å². The molecule has 1 aromatic rings. The molecule has 4 heteroatoms. The maximum atomic E-state index is 13.5. The topological polar surface area (TPSA) is 32.6 Å². The van der Waals surface area contributed by atoms with E-state index >= 15 is 0 Å². The van der Waals surface area contributed by atoms with Crippen molar-refractivity contribution < 1.29 is 9.60 Å². The van der Waals surface area contributed by atoms with Crippen molar-refractivity contribution in [1.82, 2.24) is 0 Å². The lowest BCUT2D eigenvalue weighted by Crippen LogP contribution is -1.96. The van der Waals surface area contributed by atoms with Crippen LogP contribution in [0, 0.1) is 5.82 Å². The van der Waals surface area contributed by atoms with Gasteiger partial charge in [-0.1, -0.05) is 21.1 Å². The van der Waals surface area contributed by atoms with E-state index in [0.717, 1.165) is 29.1 Å². The van der Waals surface area contributed by atoms with E-state index in [-0.39, 0.29) is 5.82 Å². The van der Waals surface area contributed by atoms with E-state index in [9.17, 15) is 4.39 Å². The van der Waals surface area contributed by atoms with Crippen LogP contribution >= 0.6 is 15.9 Å². The predicted molar refractivity (Wildman–Crippen MR) is 55.5 cm³/mol. The van der Waals surface area contributed by atoms with Gasteiger partial charge >= 0.3 is 0 Å². The van der Waals surface area contributed by atoms with Gasteiger partial charge in [0.05, 0.1) is 6.21 Å². The monoisotopic (exact) mass is 257 g/mol. The lowest BCUT2D eigenvalue weighted by molar-refractivity contribution is 0.321. The van der Waals surface area contributed by atoms with Gasteiger partial charge in [0.25, 0.3) is 0 Å². The molecule has 0 aromatic heterocycles. The predicted octanol–water partition coefficient (Wildman–Crippen LogP) is 3.27. The summed E-state index contributed by atoms with van der Waals surface area (Å²) >= 11 is 3.25. The van der Waals surface area contributed by atoms with Crippen molar-refractivity contribution in [3.63, 3.8) is 0 Å². The first-order chi connectivity index (χ1) is 6.72. The molecule has 1 aromatic carbocycles. The van der Waals surface area contributed by atoms with Crippen LogP contribution < -0.4 is 0 Å². The summed E-state index contributed by atoms with van der Waals surface area (Å²) in [5.74, 6) is 0.0778. The summed E-state index contributed by atoms with van der Waals surface area (Å²) in [5, 5.41) is 11.3. The van der Waals surface area contributed by atoms with Crippen LogP contribution in [0.1, 0.15) is 29.9 Å². The second-order valence-electron chi connectivity index (χ2n) is 3.41. The highest BCUT2D eigenvalue weighted by Crippen LogP contribution is 2.42. The molecule has 0 atom stereocenters. The summed E-state index contributed by atoms with van der Waals surface area (Å²) in [7, 11) is 0. The Labute approximate surface area is 89.6 Å². The van der Waals surface area contributed by atoms with Crippen LogP contribution in [0.15, 0.2) is 21.8 Å². The molecule has 74 valence electrons. The molecular weight excluding hydrogens is 249 g/mol. The Hall–Kier alpha value is -0.900. The van der Waals surface area contributed by atoms with E-state index in [1.54, 1.807) is 0 Å². The van der Waals surface area contributed by atoms with Gasteiger partial charge in [0.15, 0.2) is 0 Å². The summed E-state index contributed by atoms with van der Waals surface area (Å²) in [4.78, 5) is 0. The number of halogens is 2. The Morgan fingerprint density at radius 3 is 2.79 bits per heavy atom. The highest BCUT2D eigenvalue weighted by molar-refractivity contribution is 9.10. The first kappa shape index (κ1) is 9.65. The Bertz CT molecular complexity index is 388. The Morgan fingerprint density at radius 2 is 2.21 bits per heavy atom. The Kier molecular flexibility index (Phi) is 2.54. The zero-order chi connectivity index (χ0) is 10.1.